The molecule has 0 saturated carbocycles. The lowest BCUT2D eigenvalue weighted by molar-refractivity contribution is -0.128. The van der Waals surface area contributed by atoms with Crippen molar-refractivity contribution < 1.29 is 9.53 Å². The number of carbonyl (C=O) groups is 1. The van der Waals surface area contributed by atoms with E-state index in [-0.39, 0.29) is 0 Å². The minimum atomic E-state index is -0.422. The quantitative estimate of drug-likeness (QED) is 0.302. The van der Waals surface area contributed by atoms with Gasteiger partial charge in [0.05, 0.1) is 0 Å². The van der Waals surface area contributed by atoms with Gasteiger partial charge in [-0.05, 0) is 34.4 Å². The SMILES string of the molecule is O=C(C=CNc1ccc2ccccc2c1)Oc1cccc2ccccc12. The summed E-state index contributed by atoms with van der Waals surface area (Å²) < 4.78 is 5.47. The van der Waals surface area contributed by atoms with Crippen LogP contribution in [0.3, 0.4) is 0 Å². The maximum absolute atomic E-state index is 12.1. The summed E-state index contributed by atoms with van der Waals surface area (Å²) in [6, 6.07) is 27.7. The summed E-state index contributed by atoms with van der Waals surface area (Å²) in [5.41, 5.74) is 0.915. The smallest absolute Gasteiger partial charge is 0.337 e. The summed E-state index contributed by atoms with van der Waals surface area (Å²) in [5, 5.41) is 7.38. The van der Waals surface area contributed by atoms with Gasteiger partial charge in [-0.25, -0.2) is 4.79 Å². The van der Waals surface area contributed by atoms with Gasteiger partial charge >= 0.3 is 5.97 Å². The molecule has 0 heterocycles. The Balaban J connectivity index is 1.45. The highest BCUT2D eigenvalue weighted by atomic mass is 16.5. The normalized spacial score (nSPS) is 11.1. The Hall–Kier alpha value is -3.59. The second-order valence-corrected chi connectivity index (χ2v) is 5.94. The van der Waals surface area contributed by atoms with Crippen molar-refractivity contribution in [2.24, 2.45) is 0 Å². The molecule has 26 heavy (non-hydrogen) atoms. The molecular formula is C23H17NO2. The third-order valence-corrected chi connectivity index (χ3v) is 4.18. The highest BCUT2D eigenvalue weighted by Gasteiger charge is 2.05. The summed E-state index contributed by atoms with van der Waals surface area (Å²) in [5.74, 6) is 0.137. The second kappa shape index (κ2) is 7.11. The molecule has 1 N–H and O–H groups in total. The standard InChI is InChI=1S/C23H17NO2/c25-23(26-22-11-5-9-18-7-3-4-10-21(18)22)14-15-24-20-13-12-17-6-1-2-8-19(17)16-20/h1-16,24H. The van der Waals surface area contributed by atoms with E-state index in [0.29, 0.717) is 5.75 Å². The van der Waals surface area contributed by atoms with Crippen LogP contribution in [0.4, 0.5) is 5.69 Å². The van der Waals surface area contributed by atoms with E-state index in [4.69, 9.17) is 4.74 Å². The molecule has 0 spiro atoms. The van der Waals surface area contributed by atoms with Crippen molar-refractivity contribution in [2.75, 3.05) is 5.32 Å². The molecule has 0 aromatic heterocycles. The summed E-state index contributed by atoms with van der Waals surface area (Å²) in [4.78, 5) is 12.1. The molecule has 0 unspecified atom stereocenters. The molecular weight excluding hydrogens is 322 g/mol. The van der Waals surface area contributed by atoms with Crippen molar-refractivity contribution in [1.82, 2.24) is 0 Å². The second-order valence-electron chi connectivity index (χ2n) is 5.94. The summed E-state index contributed by atoms with van der Waals surface area (Å²) in [6.45, 7) is 0. The highest BCUT2D eigenvalue weighted by molar-refractivity contribution is 5.92. The monoisotopic (exact) mass is 339 g/mol. The Morgan fingerprint density at radius 2 is 1.50 bits per heavy atom. The van der Waals surface area contributed by atoms with E-state index < -0.39 is 5.97 Å². The number of hydrogen-bond donors (Lipinski definition) is 1. The highest BCUT2D eigenvalue weighted by Crippen LogP contribution is 2.25. The molecule has 126 valence electrons. The molecule has 0 aliphatic rings. The first-order valence-electron chi connectivity index (χ1n) is 8.41. The average molecular weight is 339 g/mol. The van der Waals surface area contributed by atoms with Crippen LogP contribution in [0.1, 0.15) is 0 Å². The Bertz CT molecular complexity index is 1110. The van der Waals surface area contributed by atoms with E-state index in [1.54, 1.807) is 12.3 Å². The minimum Gasteiger partial charge on any atom is -0.423 e. The molecule has 0 amide bonds. The van der Waals surface area contributed by atoms with Crippen LogP contribution in [-0.2, 0) is 4.79 Å². The van der Waals surface area contributed by atoms with Crippen LogP contribution in [0.2, 0.25) is 0 Å². The maximum Gasteiger partial charge on any atom is 0.337 e. The third kappa shape index (κ3) is 3.42. The van der Waals surface area contributed by atoms with Gasteiger partial charge in [0.25, 0.3) is 0 Å². The molecule has 3 nitrogen and oxygen atoms in total. The van der Waals surface area contributed by atoms with E-state index in [2.05, 4.69) is 17.4 Å². The molecule has 0 aliphatic heterocycles. The lowest BCUT2D eigenvalue weighted by Gasteiger charge is -2.06. The summed E-state index contributed by atoms with van der Waals surface area (Å²) in [6.07, 6.45) is 2.98. The van der Waals surface area contributed by atoms with Crippen LogP contribution >= 0.6 is 0 Å². The number of fused-ring (bicyclic) bond motifs is 2. The number of hydrogen-bond acceptors (Lipinski definition) is 3. The van der Waals surface area contributed by atoms with Crippen LogP contribution in [0.5, 0.6) is 5.75 Å². The van der Waals surface area contributed by atoms with Gasteiger partial charge in [0, 0.05) is 23.3 Å². The lowest BCUT2D eigenvalue weighted by atomic mass is 10.1. The van der Waals surface area contributed by atoms with Gasteiger partial charge in [-0.1, -0.05) is 66.7 Å². The number of nitrogens with one attached hydrogen (secondary N) is 1. The molecule has 0 saturated heterocycles. The van der Waals surface area contributed by atoms with Gasteiger partial charge in [-0.2, -0.15) is 0 Å². The Kier molecular flexibility index (Phi) is 4.35. The van der Waals surface area contributed by atoms with Gasteiger partial charge in [-0.3, -0.25) is 0 Å². The summed E-state index contributed by atoms with van der Waals surface area (Å²) in [7, 11) is 0. The van der Waals surface area contributed by atoms with Crippen molar-refractivity contribution in [3.63, 3.8) is 0 Å². The number of anilines is 1. The zero-order valence-electron chi connectivity index (χ0n) is 14.1. The van der Waals surface area contributed by atoms with Crippen molar-refractivity contribution in [3.05, 3.63) is 97.2 Å². The average Bonchev–Trinajstić information content (AvgIpc) is 2.68. The van der Waals surface area contributed by atoms with Crippen LogP contribution in [0.25, 0.3) is 21.5 Å². The topological polar surface area (TPSA) is 38.3 Å². The zero-order valence-corrected chi connectivity index (χ0v) is 14.1. The predicted molar refractivity (Wildman–Crippen MR) is 106 cm³/mol. The first kappa shape index (κ1) is 15.9. The molecule has 4 aromatic rings. The van der Waals surface area contributed by atoms with Crippen molar-refractivity contribution >= 4 is 33.2 Å². The Morgan fingerprint density at radius 3 is 2.38 bits per heavy atom. The van der Waals surface area contributed by atoms with E-state index in [0.717, 1.165) is 21.8 Å². The fourth-order valence-corrected chi connectivity index (χ4v) is 2.91. The van der Waals surface area contributed by atoms with Gasteiger partial charge in [0.15, 0.2) is 0 Å². The number of carbonyl (C=O) groups excluding carboxylic acids is 1. The number of ether oxygens (including phenoxy) is 1. The predicted octanol–water partition coefficient (Wildman–Crippen LogP) is 5.52. The van der Waals surface area contributed by atoms with Crippen molar-refractivity contribution in [3.8, 4) is 5.75 Å². The third-order valence-electron chi connectivity index (χ3n) is 4.18. The van der Waals surface area contributed by atoms with E-state index >= 15 is 0 Å². The van der Waals surface area contributed by atoms with Gasteiger partial charge < -0.3 is 10.1 Å². The summed E-state index contributed by atoms with van der Waals surface area (Å²) >= 11 is 0. The maximum atomic E-state index is 12.1. The number of esters is 1. The molecule has 0 radical (unpaired) electrons. The first-order chi connectivity index (χ1) is 12.8. The lowest BCUT2D eigenvalue weighted by Crippen LogP contribution is -2.05. The zero-order chi connectivity index (χ0) is 17.8. The van der Waals surface area contributed by atoms with Crippen LogP contribution < -0.4 is 10.1 Å². The van der Waals surface area contributed by atoms with Crippen LogP contribution in [0, 0.1) is 0 Å². The largest absolute Gasteiger partial charge is 0.423 e. The Morgan fingerprint density at radius 1 is 0.769 bits per heavy atom. The molecule has 3 heteroatoms. The number of rotatable bonds is 4. The Labute approximate surface area is 151 Å². The van der Waals surface area contributed by atoms with Crippen LogP contribution in [-0.4, -0.2) is 5.97 Å². The van der Waals surface area contributed by atoms with E-state index in [1.165, 1.54) is 11.5 Å². The van der Waals surface area contributed by atoms with Crippen LogP contribution in [0.15, 0.2) is 97.2 Å². The van der Waals surface area contributed by atoms with E-state index in [1.807, 2.05) is 66.7 Å². The van der Waals surface area contributed by atoms with Gasteiger partial charge in [0.1, 0.15) is 5.75 Å². The fourth-order valence-electron chi connectivity index (χ4n) is 2.91. The molecule has 0 fully saturated rings. The molecule has 4 rings (SSSR count). The van der Waals surface area contributed by atoms with Gasteiger partial charge in [0.2, 0.25) is 0 Å². The molecule has 0 aliphatic carbocycles. The molecule has 0 atom stereocenters. The number of benzene rings is 4. The van der Waals surface area contributed by atoms with Crippen molar-refractivity contribution in [2.45, 2.75) is 0 Å². The minimum absolute atomic E-state index is 0.422. The molecule has 4 aromatic carbocycles. The first-order valence-corrected chi connectivity index (χ1v) is 8.41. The molecule has 0 bridgehead atoms. The fraction of sp³-hybridized carbons (Fsp3) is 0. The van der Waals surface area contributed by atoms with Gasteiger partial charge in [-0.15, -0.1) is 0 Å². The van der Waals surface area contributed by atoms with Crippen molar-refractivity contribution in [1.29, 1.82) is 0 Å². The van der Waals surface area contributed by atoms with E-state index in [9.17, 15) is 4.79 Å².